The van der Waals surface area contributed by atoms with Crippen LogP contribution in [0.4, 0.5) is 0 Å². The van der Waals surface area contributed by atoms with Crippen LogP contribution in [0.25, 0.3) is 0 Å². The first kappa shape index (κ1) is 25.1. The quantitative estimate of drug-likeness (QED) is 0.231. The molecule has 0 radical (unpaired) electrons. The summed E-state index contributed by atoms with van der Waals surface area (Å²) >= 11 is 0. The number of unbranched alkanes of at least 4 members (excludes halogenated alkanes) is 8. The number of carbonyl (C=O) groups is 2. The van der Waals surface area contributed by atoms with Gasteiger partial charge >= 0.3 is 19.8 Å². The van der Waals surface area contributed by atoms with Crippen LogP contribution in [0.2, 0.25) is 0 Å². The highest BCUT2D eigenvalue weighted by atomic mass is 31.2. The highest BCUT2D eigenvalue weighted by Crippen LogP contribution is 2.35. The van der Waals surface area contributed by atoms with E-state index in [0.29, 0.717) is 6.42 Å². The van der Waals surface area contributed by atoms with Gasteiger partial charge in [-0.25, -0.2) is 4.57 Å². The molecule has 154 valence electrons. The Bertz CT molecular complexity index is 434. The van der Waals surface area contributed by atoms with Gasteiger partial charge < -0.3 is 19.3 Å². The molecular weight excluding hydrogens is 363 g/mol. The first-order valence-corrected chi connectivity index (χ1v) is 10.8. The lowest BCUT2D eigenvalue weighted by Gasteiger charge is -2.18. The maximum absolute atomic E-state index is 11.8. The molecule has 26 heavy (non-hydrogen) atoms. The van der Waals surface area contributed by atoms with Crippen LogP contribution in [0.5, 0.6) is 0 Å². The Morgan fingerprint density at radius 1 is 0.923 bits per heavy atom. The molecule has 0 bridgehead atoms. The predicted molar refractivity (Wildman–Crippen MR) is 96.4 cm³/mol. The summed E-state index contributed by atoms with van der Waals surface area (Å²) in [6.07, 6.45) is 9.28. The molecule has 0 aliphatic rings. The van der Waals surface area contributed by atoms with E-state index in [9.17, 15) is 14.2 Å². The van der Waals surface area contributed by atoms with Gasteiger partial charge in [0.15, 0.2) is 6.10 Å². The highest BCUT2D eigenvalue weighted by Gasteiger charge is 2.22. The second-order valence-electron chi connectivity index (χ2n) is 6.28. The Morgan fingerprint density at radius 2 is 1.46 bits per heavy atom. The Morgan fingerprint density at radius 3 is 1.96 bits per heavy atom. The van der Waals surface area contributed by atoms with E-state index in [2.05, 4.69) is 11.4 Å². The van der Waals surface area contributed by atoms with E-state index in [1.54, 1.807) is 0 Å². The fraction of sp³-hybridized carbons (Fsp3) is 0.882. The number of phosphoric ester groups is 1. The predicted octanol–water partition coefficient (Wildman–Crippen LogP) is 3.49. The summed E-state index contributed by atoms with van der Waals surface area (Å²) in [4.78, 5) is 40.1. The summed E-state index contributed by atoms with van der Waals surface area (Å²) < 4.78 is 24.9. The first-order chi connectivity index (χ1) is 12.2. The molecule has 2 N–H and O–H groups in total. The fourth-order valence-corrected chi connectivity index (χ4v) is 2.69. The molecule has 0 saturated carbocycles. The smallest absolute Gasteiger partial charge is 0.462 e. The van der Waals surface area contributed by atoms with Gasteiger partial charge in [0.25, 0.3) is 0 Å². The largest absolute Gasteiger partial charge is 0.469 e. The molecule has 0 aromatic rings. The highest BCUT2D eigenvalue weighted by molar-refractivity contribution is 7.46. The molecule has 0 fully saturated rings. The Balaban J connectivity index is 3.93. The zero-order valence-corrected chi connectivity index (χ0v) is 16.7. The van der Waals surface area contributed by atoms with Crippen LogP contribution in [0.15, 0.2) is 0 Å². The van der Waals surface area contributed by atoms with Crippen LogP contribution >= 0.6 is 7.82 Å². The summed E-state index contributed by atoms with van der Waals surface area (Å²) in [5, 5.41) is 0. The van der Waals surface area contributed by atoms with Gasteiger partial charge in [0.1, 0.15) is 6.61 Å². The lowest BCUT2D eigenvalue weighted by molar-refractivity contribution is -0.160. The molecule has 8 nitrogen and oxygen atoms in total. The average molecular weight is 396 g/mol. The lowest BCUT2D eigenvalue weighted by Crippen LogP contribution is -2.29. The van der Waals surface area contributed by atoms with E-state index >= 15 is 0 Å². The summed E-state index contributed by atoms with van der Waals surface area (Å²) in [5.41, 5.74) is 0. The summed E-state index contributed by atoms with van der Waals surface area (Å²) in [6.45, 7) is 2.53. The van der Waals surface area contributed by atoms with Gasteiger partial charge in [-0.05, 0) is 6.42 Å². The third kappa shape index (κ3) is 17.9. The Kier molecular flexibility index (Phi) is 14.6. The molecule has 0 heterocycles. The van der Waals surface area contributed by atoms with Crippen LogP contribution < -0.4 is 0 Å². The minimum atomic E-state index is -4.69. The zero-order valence-electron chi connectivity index (χ0n) is 15.9. The molecule has 0 amide bonds. The molecule has 9 heteroatoms. The summed E-state index contributed by atoms with van der Waals surface area (Å²) in [5.74, 6) is -1.08. The molecule has 0 aliphatic carbocycles. The lowest BCUT2D eigenvalue weighted by atomic mass is 10.1. The topological polar surface area (TPSA) is 119 Å². The number of hydrogen-bond donors (Lipinski definition) is 2. The Labute approximate surface area is 155 Å². The SMILES string of the molecule is CCCCCCCCCCCC(=O)OC(COC(C)=O)COP(=O)(O)O. The molecule has 0 aliphatic heterocycles. The Hall–Kier alpha value is -0.950. The van der Waals surface area contributed by atoms with Crippen molar-refractivity contribution >= 4 is 19.8 Å². The van der Waals surface area contributed by atoms with Crippen LogP contribution in [0.3, 0.4) is 0 Å². The molecule has 0 saturated heterocycles. The third-order valence-electron chi connectivity index (χ3n) is 3.68. The van der Waals surface area contributed by atoms with Crippen molar-refractivity contribution in [1.29, 1.82) is 0 Å². The van der Waals surface area contributed by atoms with Crippen LogP contribution in [0.1, 0.15) is 78.1 Å². The average Bonchev–Trinajstić information content (AvgIpc) is 2.55. The van der Waals surface area contributed by atoms with E-state index < -0.39 is 32.5 Å². The van der Waals surface area contributed by atoms with E-state index in [1.807, 2.05) is 0 Å². The molecule has 1 unspecified atom stereocenters. The maximum Gasteiger partial charge on any atom is 0.469 e. The van der Waals surface area contributed by atoms with Crippen molar-refractivity contribution in [3.63, 3.8) is 0 Å². The number of ether oxygens (including phenoxy) is 2. The van der Waals surface area contributed by atoms with Gasteiger partial charge in [-0.15, -0.1) is 0 Å². The minimum absolute atomic E-state index is 0.211. The summed E-state index contributed by atoms with van der Waals surface area (Å²) in [6, 6.07) is 0. The number of esters is 2. The van der Waals surface area contributed by atoms with Crippen molar-refractivity contribution in [2.75, 3.05) is 13.2 Å². The van der Waals surface area contributed by atoms with Gasteiger partial charge in [-0.3, -0.25) is 14.1 Å². The first-order valence-electron chi connectivity index (χ1n) is 9.27. The molecular formula is C17H33O8P. The number of rotatable bonds is 16. The minimum Gasteiger partial charge on any atom is -0.462 e. The van der Waals surface area contributed by atoms with Crippen molar-refractivity contribution in [1.82, 2.24) is 0 Å². The number of phosphoric acid groups is 1. The van der Waals surface area contributed by atoms with Crippen LogP contribution in [0, 0.1) is 0 Å². The van der Waals surface area contributed by atoms with Gasteiger partial charge in [-0.1, -0.05) is 58.3 Å². The molecule has 0 rings (SSSR count). The van der Waals surface area contributed by atoms with Crippen molar-refractivity contribution in [2.45, 2.75) is 84.2 Å². The normalized spacial score (nSPS) is 12.6. The zero-order chi connectivity index (χ0) is 19.8. The monoisotopic (exact) mass is 396 g/mol. The van der Waals surface area contributed by atoms with E-state index in [4.69, 9.17) is 19.3 Å². The van der Waals surface area contributed by atoms with Crippen molar-refractivity contribution in [3.8, 4) is 0 Å². The molecule has 0 aromatic carbocycles. The molecule has 0 spiro atoms. The van der Waals surface area contributed by atoms with Crippen molar-refractivity contribution in [3.05, 3.63) is 0 Å². The second-order valence-corrected chi connectivity index (χ2v) is 7.52. The van der Waals surface area contributed by atoms with Crippen LogP contribution in [-0.2, 0) is 28.2 Å². The fourth-order valence-electron chi connectivity index (χ4n) is 2.33. The van der Waals surface area contributed by atoms with Crippen LogP contribution in [-0.4, -0.2) is 41.0 Å². The van der Waals surface area contributed by atoms with Gasteiger partial charge in [0.05, 0.1) is 6.61 Å². The maximum atomic E-state index is 11.8. The molecule has 1 atom stereocenters. The summed E-state index contributed by atoms with van der Waals surface area (Å²) in [7, 11) is -4.69. The third-order valence-corrected chi connectivity index (χ3v) is 4.17. The standard InChI is InChI=1S/C17H33O8P/c1-3-4-5-6-7-8-9-10-11-12-17(19)25-16(13-23-15(2)18)14-24-26(20,21)22/h16H,3-14H2,1-2H3,(H2,20,21,22). The number of hydrogen-bond acceptors (Lipinski definition) is 6. The second kappa shape index (κ2) is 15.1. The van der Waals surface area contributed by atoms with Gasteiger partial charge in [-0.2, -0.15) is 0 Å². The van der Waals surface area contributed by atoms with E-state index in [-0.39, 0.29) is 13.0 Å². The van der Waals surface area contributed by atoms with E-state index in [1.165, 1.54) is 39.0 Å². The van der Waals surface area contributed by atoms with Gasteiger partial charge in [0.2, 0.25) is 0 Å². The number of carbonyl (C=O) groups excluding carboxylic acids is 2. The molecule has 0 aromatic heterocycles. The van der Waals surface area contributed by atoms with Gasteiger partial charge in [0, 0.05) is 13.3 Å². The van der Waals surface area contributed by atoms with Crippen molar-refractivity contribution in [2.24, 2.45) is 0 Å². The van der Waals surface area contributed by atoms with E-state index in [0.717, 1.165) is 19.3 Å². The van der Waals surface area contributed by atoms with Crippen molar-refractivity contribution < 1.29 is 37.9 Å².